The molecule has 2 aromatic rings. The lowest BCUT2D eigenvalue weighted by Gasteiger charge is -2.42. The zero-order valence-corrected chi connectivity index (χ0v) is 11.8. The molecule has 128 valence electrons. The number of hydrogen-bond donors (Lipinski definition) is 2. The van der Waals surface area contributed by atoms with Crippen LogP contribution >= 0.6 is 0 Å². The molecule has 0 unspecified atom stereocenters. The van der Waals surface area contributed by atoms with Crippen molar-refractivity contribution in [1.82, 2.24) is 0 Å². The molecular formula is C15H10F6N2O. The van der Waals surface area contributed by atoms with Gasteiger partial charge in [0.15, 0.2) is 0 Å². The highest BCUT2D eigenvalue weighted by Gasteiger charge is 2.75. The van der Waals surface area contributed by atoms with E-state index in [-0.39, 0.29) is 11.4 Å². The van der Waals surface area contributed by atoms with Gasteiger partial charge in [-0.15, -0.1) is 0 Å². The average Bonchev–Trinajstić information content (AvgIpc) is 2.41. The Morgan fingerprint density at radius 2 is 1.08 bits per heavy atom. The van der Waals surface area contributed by atoms with Gasteiger partial charge >= 0.3 is 12.4 Å². The summed E-state index contributed by atoms with van der Waals surface area (Å²) in [5, 5.41) is 0. The van der Waals surface area contributed by atoms with Crippen LogP contribution in [0.3, 0.4) is 0 Å². The summed E-state index contributed by atoms with van der Waals surface area (Å²) < 4.78 is 88.1. The highest BCUT2D eigenvalue weighted by Crippen LogP contribution is 2.62. The van der Waals surface area contributed by atoms with Gasteiger partial charge in [0.25, 0.3) is 0 Å². The maximum absolute atomic E-state index is 13.8. The fourth-order valence-corrected chi connectivity index (χ4v) is 2.90. The minimum absolute atomic E-state index is 0.0284. The summed E-state index contributed by atoms with van der Waals surface area (Å²) in [4.78, 5) is 0. The summed E-state index contributed by atoms with van der Waals surface area (Å²) >= 11 is 0. The number of ether oxygens (including phenoxy) is 1. The molecule has 0 amide bonds. The van der Waals surface area contributed by atoms with Gasteiger partial charge in [0.1, 0.15) is 11.5 Å². The van der Waals surface area contributed by atoms with E-state index in [1.165, 1.54) is 0 Å². The highest BCUT2D eigenvalue weighted by molar-refractivity contribution is 5.65. The van der Waals surface area contributed by atoms with Gasteiger partial charge in [-0.3, -0.25) is 0 Å². The predicted octanol–water partition coefficient (Wildman–Crippen LogP) is 4.37. The topological polar surface area (TPSA) is 61.3 Å². The molecule has 0 spiro atoms. The highest BCUT2D eigenvalue weighted by atomic mass is 19.4. The first-order chi connectivity index (χ1) is 11.0. The molecule has 24 heavy (non-hydrogen) atoms. The van der Waals surface area contributed by atoms with E-state index in [0.717, 1.165) is 24.3 Å². The quantitative estimate of drug-likeness (QED) is 0.549. The third-order valence-electron chi connectivity index (χ3n) is 3.89. The molecule has 0 aliphatic carbocycles. The van der Waals surface area contributed by atoms with Crippen LogP contribution in [-0.4, -0.2) is 12.4 Å². The molecule has 1 heterocycles. The maximum Gasteiger partial charge on any atom is 0.411 e. The second kappa shape index (κ2) is 4.71. The van der Waals surface area contributed by atoms with Crippen LogP contribution in [0, 0.1) is 0 Å². The van der Waals surface area contributed by atoms with Crippen LogP contribution in [0.25, 0.3) is 0 Å². The third kappa shape index (κ3) is 2.00. The molecular weight excluding hydrogens is 338 g/mol. The minimum atomic E-state index is -5.66. The van der Waals surface area contributed by atoms with E-state index in [1.807, 2.05) is 0 Å². The van der Waals surface area contributed by atoms with Crippen LogP contribution in [0.4, 0.5) is 37.7 Å². The van der Waals surface area contributed by atoms with Gasteiger partial charge in [-0.1, -0.05) is 12.1 Å². The molecule has 3 rings (SSSR count). The third-order valence-corrected chi connectivity index (χ3v) is 3.89. The zero-order chi connectivity index (χ0) is 17.9. The molecule has 0 saturated heterocycles. The summed E-state index contributed by atoms with van der Waals surface area (Å²) in [7, 11) is 0. The Hall–Kier alpha value is -2.58. The number of benzene rings is 2. The van der Waals surface area contributed by atoms with Crippen molar-refractivity contribution in [2.24, 2.45) is 0 Å². The molecule has 1 aliphatic rings. The predicted molar refractivity (Wildman–Crippen MR) is 74.7 cm³/mol. The van der Waals surface area contributed by atoms with Crippen molar-refractivity contribution in [3.8, 4) is 11.5 Å². The van der Waals surface area contributed by atoms with Gasteiger partial charge in [0.2, 0.25) is 5.41 Å². The maximum atomic E-state index is 13.8. The van der Waals surface area contributed by atoms with Gasteiger partial charge in [-0.2, -0.15) is 26.3 Å². The summed E-state index contributed by atoms with van der Waals surface area (Å²) in [5.41, 5.74) is 4.53. The van der Waals surface area contributed by atoms with Crippen LogP contribution in [0.15, 0.2) is 36.4 Å². The van der Waals surface area contributed by atoms with Crippen molar-refractivity contribution in [1.29, 1.82) is 0 Å². The van der Waals surface area contributed by atoms with E-state index in [0.29, 0.717) is 12.1 Å². The number of halogens is 6. The Morgan fingerprint density at radius 1 is 0.708 bits per heavy atom. The summed E-state index contributed by atoms with van der Waals surface area (Å²) in [6.07, 6.45) is -11.3. The first kappa shape index (κ1) is 16.3. The largest absolute Gasteiger partial charge is 0.457 e. The molecule has 0 saturated carbocycles. The molecule has 4 N–H and O–H groups in total. The number of nitrogens with two attached hydrogens (primary N) is 2. The monoisotopic (exact) mass is 348 g/mol. The Balaban J connectivity index is 2.48. The van der Waals surface area contributed by atoms with Crippen LogP contribution < -0.4 is 16.2 Å². The number of hydrogen-bond acceptors (Lipinski definition) is 3. The van der Waals surface area contributed by atoms with E-state index in [1.54, 1.807) is 0 Å². The summed E-state index contributed by atoms with van der Waals surface area (Å²) in [6.45, 7) is 0. The fraction of sp³-hybridized carbons (Fsp3) is 0.200. The minimum Gasteiger partial charge on any atom is -0.457 e. The number of anilines is 2. The first-order valence-electron chi connectivity index (χ1n) is 6.60. The molecule has 0 bridgehead atoms. The Bertz CT molecular complexity index is 745. The average molecular weight is 348 g/mol. The fourth-order valence-electron chi connectivity index (χ4n) is 2.90. The van der Waals surface area contributed by atoms with Gasteiger partial charge < -0.3 is 16.2 Å². The molecule has 0 aromatic heterocycles. The normalized spacial score (nSPS) is 16.1. The van der Waals surface area contributed by atoms with Crippen molar-refractivity contribution in [3.05, 3.63) is 47.5 Å². The molecule has 0 fully saturated rings. The lowest BCUT2D eigenvalue weighted by Crippen LogP contribution is -2.56. The number of nitrogen functional groups attached to an aromatic ring is 2. The summed E-state index contributed by atoms with van der Waals surface area (Å²) in [6, 6.07) is 5.16. The van der Waals surface area contributed by atoms with Crippen molar-refractivity contribution < 1.29 is 31.1 Å². The Kier molecular flexibility index (Phi) is 3.20. The number of rotatable bonds is 0. The van der Waals surface area contributed by atoms with Gasteiger partial charge in [0, 0.05) is 34.6 Å². The van der Waals surface area contributed by atoms with Crippen molar-refractivity contribution in [2.45, 2.75) is 17.8 Å². The number of fused-ring (bicyclic) bond motifs is 2. The molecule has 0 atom stereocenters. The van der Waals surface area contributed by atoms with E-state index in [9.17, 15) is 26.3 Å². The molecule has 3 nitrogen and oxygen atoms in total. The smallest absolute Gasteiger partial charge is 0.411 e. The second-order valence-electron chi connectivity index (χ2n) is 5.36. The lowest BCUT2D eigenvalue weighted by molar-refractivity contribution is -0.290. The van der Waals surface area contributed by atoms with Gasteiger partial charge in [-0.05, 0) is 12.1 Å². The van der Waals surface area contributed by atoms with E-state index in [2.05, 4.69) is 0 Å². The first-order valence-corrected chi connectivity index (χ1v) is 6.60. The molecule has 9 heteroatoms. The Morgan fingerprint density at radius 3 is 1.42 bits per heavy atom. The number of alkyl halides is 6. The molecule has 2 aromatic carbocycles. The van der Waals surface area contributed by atoms with E-state index in [4.69, 9.17) is 16.2 Å². The zero-order valence-electron chi connectivity index (χ0n) is 11.8. The van der Waals surface area contributed by atoms with Crippen molar-refractivity contribution >= 4 is 11.4 Å². The standard InChI is InChI=1S/C15H10F6N2O/c16-14(17,18)13(15(19,20)21)9-3-1-7(22)5-11(9)24-12-6-8(23)2-4-10(12)13/h1-6H,22-23H2. The van der Waals surface area contributed by atoms with Crippen molar-refractivity contribution in [2.75, 3.05) is 11.5 Å². The van der Waals surface area contributed by atoms with Crippen molar-refractivity contribution in [3.63, 3.8) is 0 Å². The molecule has 1 aliphatic heterocycles. The Labute approximate surface area is 131 Å². The van der Waals surface area contributed by atoms with Gasteiger partial charge in [0.05, 0.1) is 0 Å². The van der Waals surface area contributed by atoms with Crippen LogP contribution in [0.1, 0.15) is 11.1 Å². The van der Waals surface area contributed by atoms with Crippen LogP contribution in [0.2, 0.25) is 0 Å². The van der Waals surface area contributed by atoms with Gasteiger partial charge in [-0.25, -0.2) is 0 Å². The SMILES string of the molecule is Nc1ccc2c(c1)Oc1cc(N)ccc1C2(C(F)(F)F)C(F)(F)F. The van der Waals surface area contributed by atoms with Crippen LogP contribution in [-0.2, 0) is 5.41 Å². The summed E-state index contributed by atoms with van der Waals surface area (Å²) in [5.74, 6) is -1.22. The van der Waals surface area contributed by atoms with E-state index >= 15 is 0 Å². The second-order valence-corrected chi connectivity index (χ2v) is 5.36. The van der Waals surface area contributed by atoms with E-state index < -0.39 is 40.4 Å². The van der Waals surface area contributed by atoms with Crippen LogP contribution in [0.5, 0.6) is 11.5 Å². The lowest BCUT2D eigenvalue weighted by atomic mass is 9.71. The molecule has 0 radical (unpaired) electrons.